The third-order valence-electron chi connectivity index (χ3n) is 4.86. The zero-order chi connectivity index (χ0) is 15.8. The summed E-state index contributed by atoms with van der Waals surface area (Å²) in [6.07, 6.45) is 11.9. The van der Waals surface area contributed by atoms with Crippen molar-refractivity contribution in [2.45, 2.75) is 22.9 Å². The Balaban J connectivity index is 1.71. The van der Waals surface area contributed by atoms with Gasteiger partial charge in [0, 0.05) is 0 Å². The van der Waals surface area contributed by atoms with Gasteiger partial charge in [-0.05, 0) is 0 Å². The number of hydrogen-bond acceptors (Lipinski definition) is 0. The van der Waals surface area contributed by atoms with Crippen molar-refractivity contribution < 1.29 is 19.4 Å². The molecular weight excluding hydrogens is 402 g/mol. The van der Waals surface area contributed by atoms with Gasteiger partial charge >= 0.3 is 153 Å². The molecule has 0 nitrogen and oxygen atoms in total. The van der Waals surface area contributed by atoms with Gasteiger partial charge in [0.1, 0.15) is 0 Å². The van der Waals surface area contributed by atoms with E-state index < -0.39 is 19.4 Å². The van der Waals surface area contributed by atoms with Crippen LogP contribution in [0, 0.1) is 0 Å². The van der Waals surface area contributed by atoms with Crippen LogP contribution in [0.1, 0.15) is 37.0 Å². The van der Waals surface area contributed by atoms with Gasteiger partial charge in [-0.2, -0.15) is 0 Å². The first-order valence-electron chi connectivity index (χ1n) is 7.97. The molecule has 0 N–H and O–H groups in total. The second-order valence-corrected chi connectivity index (χ2v) is 15.3. The molecule has 2 aromatic rings. The Morgan fingerprint density at radius 1 is 0.870 bits per heavy atom. The fraction of sp³-hybridized carbons (Fsp3) is 0.200. The molecule has 0 spiro atoms. The molecule has 2 aliphatic rings. The van der Waals surface area contributed by atoms with Gasteiger partial charge in [-0.25, -0.2) is 0 Å². The van der Waals surface area contributed by atoms with Crippen molar-refractivity contribution in [1.82, 2.24) is 0 Å². The first kappa shape index (κ1) is 15.9. The van der Waals surface area contributed by atoms with E-state index in [4.69, 9.17) is 17.0 Å². The molecule has 4 rings (SSSR count). The first-order valence-corrected chi connectivity index (χ1v) is 15.7. The van der Waals surface area contributed by atoms with Crippen LogP contribution in [0.2, 0.25) is 0 Å². The quantitative estimate of drug-likeness (QED) is 0.567. The van der Waals surface area contributed by atoms with Crippen LogP contribution in [0.5, 0.6) is 0 Å². The summed E-state index contributed by atoms with van der Waals surface area (Å²) in [7, 11) is 13.2. The summed E-state index contributed by atoms with van der Waals surface area (Å²) in [5.41, 5.74) is 8.39. The summed E-state index contributed by atoms with van der Waals surface area (Å²) in [5.74, 6) is 0. The van der Waals surface area contributed by atoms with E-state index in [0.29, 0.717) is 3.63 Å². The van der Waals surface area contributed by atoms with Crippen molar-refractivity contribution in [3.63, 3.8) is 0 Å². The molecule has 0 aromatic heterocycles. The van der Waals surface area contributed by atoms with E-state index in [1.165, 1.54) is 33.4 Å². The molecule has 0 saturated heterocycles. The summed E-state index contributed by atoms with van der Waals surface area (Å²) in [6, 6.07) is 13.2. The van der Waals surface area contributed by atoms with Gasteiger partial charge < -0.3 is 0 Å². The molecule has 1 unspecified atom stereocenters. The number of rotatable bonds is 4. The molecule has 1 atom stereocenters. The van der Waals surface area contributed by atoms with Crippen molar-refractivity contribution in [2.24, 2.45) is 0 Å². The Bertz CT molecular complexity index is 805. The van der Waals surface area contributed by atoms with Gasteiger partial charge in [-0.15, -0.1) is 0 Å². The van der Waals surface area contributed by atoms with Crippen molar-refractivity contribution in [1.29, 1.82) is 0 Å². The van der Waals surface area contributed by atoms with E-state index in [1.807, 2.05) is 0 Å². The Labute approximate surface area is 152 Å². The van der Waals surface area contributed by atoms with Crippen LogP contribution in [0.25, 0.3) is 12.2 Å². The number of benzene rings is 2. The SMILES string of the molecule is [Cl][Zr]([Cl])[CH](Cc1cccc2c1CC=C2)c1cccc2c1CC=C2. The zero-order valence-corrected chi connectivity index (χ0v) is 16.7. The fourth-order valence-corrected chi connectivity index (χ4v) is 8.19. The van der Waals surface area contributed by atoms with Crippen LogP contribution in [-0.2, 0) is 38.6 Å². The molecular formula is C20H17Cl2Zr. The van der Waals surface area contributed by atoms with E-state index in [0.717, 1.165) is 19.3 Å². The predicted molar refractivity (Wildman–Crippen MR) is 96.5 cm³/mol. The Morgan fingerprint density at radius 3 is 2.26 bits per heavy atom. The second kappa shape index (κ2) is 6.71. The third-order valence-corrected chi connectivity index (χ3v) is 10.5. The molecule has 2 aliphatic carbocycles. The van der Waals surface area contributed by atoms with Gasteiger partial charge in [0.15, 0.2) is 0 Å². The Kier molecular flexibility index (Phi) is 4.64. The van der Waals surface area contributed by atoms with E-state index in [9.17, 15) is 0 Å². The van der Waals surface area contributed by atoms with Gasteiger partial charge in [-0.1, -0.05) is 0 Å². The summed E-state index contributed by atoms with van der Waals surface area (Å²) in [5, 5.41) is 0. The molecule has 0 saturated carbocycles. The Hall–Kier alpha value is -0.617. The van der Waals surface area contributed by atoms with Crippen LogP contribution in [0.3, 0.4) is 0 Å². The van der Waals surface area contributed by atoms with Crippen LogP contribution >= 0.6 is 17.0 Å². The molecule has 115 valence electrons. The van der Waals surface area contributed by atoms with Crippen molar-refractivity contribution in [2.75, 3.05) is 0 Å². The van der Waals surface area contributed by atoms with Gasteiger partial charge in [-0.3, -0.25) is 0 Å². The van der Waals surface area contributed by atoms with Gasteiger partial charge in [0.05, 0.1) is 0 Å². The van der Waals surface area contributed by atoms with Crippen molar-refractivity contribution >= 4 is 29.2 Å². The van der Waals surface area contributed by atoms with Crippen LogP contribution in [0.4, 0.5) is 0 Å². The maximum atomic E-state index is 6.61. The normalized spacial score (nSPS) is 15.6. The minimum absolute atomic E-state index is 0.322. The topological polar surface area (TPSA) is 0 Å². The third kappa shape index (κ3) is 3.04. The molecule has 0 heterocycles. The maximum absolute atomic E-state index is 6.61. The zero-order valence-electron chi connectivity index (χ0n) is 12.7. The van der Waals surface area contributed by atoms with E-state index in [1.54, 1.807) is 0 Å². The van der Waals surface area contributed by atoms with E-state index >= 15 is 0 Å². The molecule has 0 bridgehead atoms. The molecule has 0 radical (unpaired) electrons. The minimum atomic E-state index is -2.45. The molecule has 23 heavy (non-hydrogen) atoms. The molecule has 3 heteroatoms. The predicted octanol–water partition coefficient (Wildman–Crippen LogP) is 6.03. The average Bonchev–Trinajstić information content (AvgIpc) is 3.20. The summed E-state index contributed by atoms with van der Waals surface area (Å²) >= 11 is -2.45. The van der Waals surface area contributed by atoms with Gasteiger partial charge in [0.25, 0.3) is 0 Å². The van der Waals surface area contributed by atoms with Crippen LogP contribution in [0.15, 0.2) is 48.6 Å². The van der Waals surface area contributed by atoms with E-state index in [2.05, 4.69) is 60.7 Å². The van der Waals surface area contributed by atoms with E-state index in [-0.39, 0.29) is 0 Å². The Morgan fingerprint density at radius 2 is 1.52 bits per heavy atom. The van der Waals surface area contributed by atoms with Crippen molar-refractivity contribution in [3.05, 3.63) is 81.9 Å². The van der Waals surface area contributed by atoms with Crippen LogP contribution < -0.4 is 0 Å². The summed E-state index contributed by atoms with van der Waals surface area (Å²) in [6.45, 7) is 0. The van der Waals surface area contributed by atoms with Crippen molar-refractivity contribution in [3.8, 4) is 0 Å². The second-order valence-electron chi connectivity index (χ2n) is 6.16. The average molecular weight is 419 g/mol. The number of hydrogen-bond donors (Lipinski definition) is 0. The van der Waals surface area contributed by atoms with Gasteiger partial charge in [0.2, 0.25) is 0 Å². The number of fused-ring (bicyclic) bond motifs is 2. The summed E-state index contributed by atoms with van der Waals surface area (Å²) in [4.78, 5) is 0. The molecule has 0 aliphatic heterocycles. The number of halogens is 2. The molecule has 0 amide bonds. The standard InChI is InChI=1S/C20H17.2ClH.Zr/c1-5-15-9-3-11-19(15)17(7-1)13-14-18-8-2-6-16-10-4-12-20(16)18;;;/h1-10,13H,11-12,14H2;2*1H;/q;;;+2/p-2. The van der Waals surface area contributed by atoms with Crippen LogP contribution in [-0.4, -0.2) is 0 Å². The molecule has 0 fully saturated rings. The number of allylic oxidation sites excluding steroid dienone is 2. The monoisotopic (exact) mass is 417 g/mol. The first-order chi connectivity index (χ1) is 11.2. The fourth-order valence-electron chi connectivity index (χ4n) is 3.72. The summed E-state index contributed by atoms with van der Waals surface area (Å²) < 4.78 is 0.322. The molecule has 2 aromatic carbocycles.